The molecule has 0 spiro atoms. The summed E-state index contributed by atoms with van der Waals surface area (Å²) in [4.78, 5) is 3.94. The molecule has 0 saturated heterocycles. The first-order valence-electron chi connectivity index (χ1n) is 4.27. The van der Waals surface area contributed by atoms with Crippen molar-refractivity contribution < 1.29 is 4.74 Å². The summed E-state index contributed by atoms with van der Waals surface area (Å²) < 4.78 is 6.89. The molecule has 2 aromatic rings. The van der Waals surface area contributed by atoms with Crippen LogP contribution >= 0.6 is 0 Å². The minimum absolute atomic E-state index is 0.529. The average molecular weight is 194 g/mol. The zero-order chi connectivity index (χ0) is 9.80. The van der Waals surface area contributed by atoms with Crippen molar-refractivity contribution >= 4 is 5.65 Å². The fraction of sp³-hybridized carbons (Fsp3) is 0.429. The van der Waals surface area contributed by atoms with Gasteiger partial charge >= 0.3 is 0 Å². The third-order valence-corrected chi connectivity index (χ3v) is 1.68. The fourth-order valence-corrected chi connectivity index (χ4v) is 1.01. The summed E-state index contributed by atoms with van der Waals surface area (Å²) in [6.45, 7) is 1.14. The number of hydrogen-bond acceptors (Lipinski definition) is 6. The van der Waals surface area contributed by atoms with E-state index in [0.717, 1.165) is 6.42 Å². The lowest BCUT2D eigenvalue weighted by atomic mass is 10.5. The van der Waals surface area contributed by atoms with Crippen molar-refractivity contribution in [1.82, 2.24) is 25.0 Å². The number of ether oxygens (including phenoxy) is 1. The van der Waals surface area contributed by atoms with Crippen molar-refractivity contribution in [3.63, 3.8) is 0 Å². The van der Waals surface area contributed by atoms with E-state index in [4.69, 9.17) is 10.5 Å². The van der Waals surface area contributed by atoms with E-state index in [2.05, 4.69) is 20.5 Å². The van der Waals surface area contributed by atoms with Gasteiger partial charge in [0.25, 0.3) is 0 Å². The van der Waals surface area contributed by atoms with Crippen LogP contribution in [0.4, 0.5) is 0 Å². The van der Waals surface area contributed by atoms with E-state index in [0.29, 0.717) is 24.7 Å². The molecule has 0 fully saturated rings. The Labute approximate surface area is 79.9 Å². The van der Waals surface area contributed by atoms with E-state index in [1.165, 1.54) is 4.52 Å². The molecule has 0 saturated carbocycles. The van der Waals surface area contributed by atoms with Crippen molar-refractivity contribution in [1.29, 1.82) is 0 Å². The molecule has 0 aliphatic carbocycles. The largest absolute Gasteiger partial charge is 0.476 e. The Morgan fingerprint density at radius 2 is 2.36 bits per heavy atom. The molecule has 2 N–H and O–H groups in total. The van der Waals surface area contributed by atoms with Gasteiger partial charge in [0.2, 0.25) is 11.5 Å². The van der Waals surface area contributed by atoms with Crippen LogP contribution in [0.5, 0.6) is 5.88 Å². The first kappa shape index (κ1) is 8.82. The highest BCUT2D eigenvalue weighted by Gasteiger charge is 2.03. The van der Waals surface area contributed by atoms with Crippen LogP contribution in [0, 0.1) is 0 Å². The van der Waals surface area contributed by atoms with E-state index in [1.807, 2.05) is 0 Å². The maximum Gasteiger partial charge on any atom is 0.237 e. The second-order valence-electron chi connectivity index (χ2n) is 2.69. The summed E-state index contributed by atoms with van der Waals surface area (Å²) in [6, 6.07) is 0. The van der Waals surface area contributed by atoms with Gasteiger partial charge in [-0.2, -0.15) is 4.52 Å². The van der Waals surface area contributed by atoms with E-state index < -0.39 is 0 Å². The maximum absolute atomic E-state index is 5.40. The molecule has 0 radical (unpaired) electrons. The summed E-state index contributed by atoms with van der Waals surface area (Å²) in [7, 11) is 0. The summed E-state index contributed by atoms with van der Waals surface area (Å²) in [5.41, 5.74) is 5.91. The van der Waals surface area contributed by atoms with Gasteiger partial charge in [-0.25, -0.2) is 0 Å². The molecule has 0 amide bonds. The zero-order valence-electron chi connectivity index (χ0n) is 7.50. The van der Waals surface area contributed by atoms with Crippen LogP contribution < -0.4 is 10.5 Å². The average Bonchev–Trinajstić information content (AvgIpc) is 2.67. The van der Waals surface area contributed by atoms with Crippen LogP contribution in [0.3, 0.4) is 0 Å². The minimum atomic E-state index is 0.529. The van der Waals surface area contributed by atoms with Crippen molar-refractivity contribution in [2.45, 2.75) is 6.42 Å². The first-order chi connectivity index (χ1) is 6.92. The molecule has 0 bridgehead atoms. The number of hydrogen-bond donors (Lipinski definition) is 1. The Hall–Kier alpha value is -1.76. The second kappa shape index (κ2) is 3.97. The SMILES string of the molecule is NCCCOc1cncc2nnnn12. The summed E-state index contributed by atoms with van der Waals surface area (Å²) in [5.74, 6) is 0.529. The van der Waals surface area contributed by atoms with Gasteiger partial charge in [0.05, 0.1) is 19.0 Å². The number of fused-ring (bicyclic) bond motifs is 1. The highest BCUT2D eigenvalue weighted by molar-refractivity contribution is 5.33. The van der Waals surface area contributed by atoms with Gasteiger partial charge in [0.15, 0.2) is 0 Å². The van der Waals surface area contributed by atoms with Crippen LogP contribution in [0.1, 0.15) is 6.42 Å². The van der Waals surface area contributed by atoms with Crippen LogP contribution in [0.2, 0.25) is 0 Å². The monoisotopic (exact) mass is 194 g/mol. The summed E-state index contributed by atoms with van der Waals surface area (Å²) >= 11 is 0. The molecule has 0 unspecified atom stereocenters. The molecule has 2 heterocycles. The predicted octanol–water partition coefficient (Wildman–Crippen LogP) is -0.753. The quantitative estimate of drug-likeness (QED) is 0.644. The Bertz CT molecular complexity index is 413. The van der Waals surface area contributed by atoms with E-state index >= 15 is 0 Å². The molecule has 2 rings (SSSR count). The summed E-state index contributed by atoms with van der Waals surface area (Å²) in [6.07, 6.45) is 3.92. The Kier molecular flexibility index (Phi) is 2.50. The molecule has 0 atom stereocenters. The van der Waals surface area contributed by atoms with Crippen LogP contribution in [-0.2, 0) is 0 Å². The Morgan fingerprint density at radius 3 is 3.21 bits per heavy atom. The van der Waals surface area contributed by atoms with Gasteiger partial charge in [0, 0.05) is 0 Å². The van der Waals surface area contributed by atoms with E-state index in [9.17, 15) is 0 Å². The van der Waals surface area contributed by atoms with Crippen LogP contribution in [0.25, 0.3) is 5.65 Å². The number of aromatic nitrogens is 5. The van der Waals surface area contributed by atoms with E-state index in [1.54, 1.807) is 12.4 Å². The van der Waals surface area contributed by atoms with Gasteiger partial charge in [-0.3, -0.25) is 4.98 Å². The van der Waals surface area contributed by atoms with Crippen molar-refractivity contribution in [3.8, 4) is 5.88 Å². The molecule has 14 heavy (non-hydrogen) atoms. The zero-order valence-corrected chi connectivity index (χ0v) is 7.50. The lowest BCUT2D eigenvalue weighted by molar-refractivity contribution is 0.291. The fourth-order valence-electron chi connectivity index (χ4n) is 1.01. The maximum atomic E-state index is 5.40. The molecule has 0 aromatic carbocycles. The van der Waals surface area contributed by atoms with Crippen molar-refractivity contribution in [2.75, 3.05) is 13.2 Å². The third kappa shape index (κ3) is 1.62. The van der Waals surface area contributed by atoms with Gasteiger partial charge < -0.3 is 10.5 Å². The highest BCUT2D eigenvalue weighted by atomic mass is 16.5. The van der Waals surface area contributed by atoms with Crippen LogP contribution in [0.15, 0.2) is 12.4 Å². The van der Waals surface area contributed by atoms with Crippen molar-refractivity contribution in [3.05, 3.63) is 12.4 Å². The normalized spacial score (nSPS) is 10.6. The third-order valence-electron chi connectivity index (χ3n) is 1.68. The minimum Gasteiger partial charge on any atom is -0.476 e. The van der Waals surface area contributed by atoms with Gasteiger partial charge in [-0.05, 0) is 23.4 Å². The molecule has 74 valence electrons. The van der Waals surface area contributed by atoms with Crippen molar-refractivity contribution in [2.24, 2.45) is 5.73 Å². The lowest BCUT2D eigenvalue weighted by Gasteiger charge is -2.04. The van der Waals surface area contributed by atoms with E-state index in [-0.39, 0.29) is 0 Å². The number of rotatable bonds is 4. The molecule has 0 aliphatic rings. The number of nitrogens with zero attached hydrogens (tertiary/aromatic N) is 5. The van der Waals surface area contributed by atoms with Crippen LogP contribution in [-0.4, -0.2) is 38.2 Å². The highest BCUT2D eigenvalue weighted by Crippen LogP contribution is 2.08. The van der Waals surface area contributed by atoms with Gasteiger partial charge in [-0.15, -0.1) is 5.10 Å². The molecular weight excluding hydrogens is 184 g/mol. The Balaban J connectivity index is 2.19. The molecular formula is C7H10N6O. The van der Waals surface area contributed by atoms with Gasteiger partial charge in [0.1, 0.15) is 0 Å². The topological polar surface area (TPSA) is 91.2 Å². The molecule has 2 aromatic heterocycles. The molecule has 0 aliphatic heterocycles. The molecule has 7 nitrogen and oxygen atoms in total. The standard InChI is InChI=1S/C7H10N6O/c8-2-1-3-14-7-5-9-4-6-10-11-12-13(6)7/h4-5H,1-3,8H2. The smallest absolute Gasteiger partial charge is 0.237 e. The Morgan fingerprint density at radius 1 is 1.43 bits per heavy atom. The lowest BCUT2D eigenvalue weighted by Crippen LogP contribution is -2.08. The number of tetrazole rings is 1. The van der Waals surface area contributed by atoms with Gasteiger partial charge in [-0.1, -0.05) is 0 Å². The second-order valence-corrected chi connectivity index (χ2v) is 2.69. The number of nitrogens with two attached hydrogens (primary N) is 1. The predicted molar refractivity (Wildman–Crippen MR) is 47.7 cm³/mol. The molecule has 7 heteroatoms. The summed E-state index contributed by atoms with van der Waals surface area (Å²) in [5, 5.41) is 11.0. The first-order valence-corrected chi connectivity index (χ1v) is 4.27.